The second-order valence-electron chi connectivity index (χ2n) is 5.60. The summed E-state index contributed by atoms with van der Waals surface area (Å²) >= 11 is 11.0. The van der Waals surface area contributed by atoms with E-state index in [1.54, 1.807) is 6.92 Å². The molecule has 0 saturated carbocycles. The number of fused-ring (bicyclic) bond motifs is 1. The molecule has 0 fully saturated rings. The monoisotopic (exact) mass is 411 g/mol. The Labute approximate surface area is 163 Å². The lowest BCUT2D eigenvalue weighted by Gasteiger charge is -2.12. The van der Waals surface area contributed by atoms with Gasteiger partial charge in [-0.05, 0) is 49.5 Å². The largest absolute Gasteiger partial charge is 0.455 e. The maximum Gasteiger partial charge on any atom is 0.416 e. The Kier molecular flexibility index (Phi) is 5.38. The second kappa shape index (κ2) is 7.58. The van der Waals surface area contributed by atoms with Gasteiger partial charge in [0.1, 0.15) is 11.3 Å². The molecule has 2 aromatic carbocycles. The van der Waals surface area contributed by atoms with Crippen molar-refractivity contribution < 1.29 is 17.6 Å². The molecule has 9 heteroatoms. The lowest BCUT2D eigenvalue weighted by molar-refractivity contribution is -0.137. The average molecular weight is 412 g/mol. The van der Waals surface area contributed by atoms with Gasteiger partial charge in [-0.2, -0.15) is 18.3 Å². The number of anilines is 1. The van der Waals surface area contributed by atoms with E-state index < -0.39 is 11.7 Å². The number of hydrazone groups is 1. The zero-order valence-electron chi connectivity index (χ0n) is 13.9. The zero-order chi connectivity index (χ0) is 19.6. The smallest absolute Gasteiger partial charge is 0.416 e. The van der Waals surface area contributed by atoms with Crippen molar-refractivity contribution in [2.45, 2.75) is 13.1 Å². The molecule has 0 spiro atoms. The van der Waals surface area contributed by atoms with Gasteiger partial charge in [0.15, 0.2) is 10.9 Å². The van der Waals surface area contributed by atoms with Crippen LogP contribution in [-0.4, -0.2) is 10.8 Å². The summed E-state index contributed by atoms with van der Waals surface area (Å²) < 4.78 is 44.1. The van der Waals surface area contributed by atoms with Crippen LogP contribution in [0.3, 0.4) is 0 Å². The van der Waals surface area contributed by atoms with Gasteiger partial charge in [-0.15, -0.1) is 0 Å². The Morgan fingerprint density at radius 2 is 1.89 bits per heavy atom. The SMILES string of the molecule is CC(=NNC(=S)Nc1cc(C(F)(F)F)ccc1Cl)c1cc2ccccc2o1. The van der Waals surface area contributed by atoms with Crippen molar-refractivity contribution in [2.24, 2.45) is 5.10 Å². The molecule has 3 aromatic rings. The van der Waals surface area contributed by atoms with Crippen LogP contribution in [0, 0.1) is 0 Å². The number of halogens is 4. The van der Waals surface area contributed by atoms with E-state index in [1.165, 1.54) is 0 Å². The number of nitrogens with zero attached hydrogens (tertiary/aromatic N) is 1. The molecule has 140 valence electrons. The highest BCUT2D eigenvalue weighted by molar-refractivity contribution is 7.80. The van der Waals surface area contributed by atoms with E-state index in [-0.39, 0.29) is 15.8 Å². The molecule has 3 rings (SSSR count). The van der Waals surface area contributed by atoms with Crippen LogP contribution in [0.5, 0.6) is 0 Å². The van der Waals surface area contributed by atoms with Crippen molar-refractivity contribution in [1.29, 1.82) is 0 Å². The molecule has 0 aliphatic heterocycles. The molecule has 2 N–H and O–H groups in total. The lowest BCUT2D eigenvalue weighted by atomic mass is 10.2. The minimum absolute atomic E-state index is 0.00770. The number of rotatable bonds is 3. The molecule has 0 atom stereocenters. The van der Waals surface area contributed by atoms with Gasteiger partial charge in [0.2, 0.25) is 0 Å². The summed E-state index contributed by atoms with van der Waals surface area (Å²) in [4.78, 5) is 0. The van der Waals surface area contributed by atoms with Crippen LogP contribution in [0.1, 0.15) is 18.2 Å². The van der Waals surface area contributed by atoms with Crippen molar-refractivity contribution in [3.63, 3.8) is 0 Å². The third-order valence-corrected chi connectivity index (χ3v) is 4.17. The summed E-state index contributed by atoms with van der Waals surface area (Å²) in [5.41, 5.74) is 3.00. The van der Waals surface area contributed by atoms with E-state index in [2.05, 4.69) is 15.8 Å². The first kappa shape index (κ1) is 19.2. The summed E-state index contributed by atoms with van der Waals surface area (Å²) in [5.74, 6) is 0.545. The van der Waals surface area contributed by atoms with Gasteiger partial charge >= 0.3 is 6.18 Å². The number of benzene rings is 2. The molecule has 0 amide bonds. The summed E-state index contributed by atoms with van der Waals surface area (Å²) in [7, 11) is 0. The lowest BCUT2D eigenvalue weighted by Crippen LogP contribution is -2.25. The molecular formula is C18H13ClF3N3OS. The second-order valence-corrected chi connectivity index (χ2v) is 6.42. The predicted molar refractivity (Wildman–Crippen MR) is 104 cm³/mol. The van der Waals surface area contributed by atoms with Gasteiger partial charge in [0, 0.05) is 5.39 Å². The number of hydrogen-bond donors (Lipinski definition) is 2. The third kappa shape index (κ3) is 4.58. The van der Waals surface area contributed by atoms with Crippen LogP contribution in [-0.2, 0) is 6.18 Å². The number of furan rings is 1. The third-order valence-electron chi connectivity index (χ3n) is 3.65. The fraction of sp³-hybridized carbons (Fsp3) is 0.111. The van der Waals surface area contributed by atoms with Crippen LogP contribution in [0.2, 0.25) is 5.02 Å². The zero-order valence-corrected chi connectivity index (χ0v) is 15.5. The summed E-state index contributed by atoms with van der Waals surface area (Å²) in [6.45, 7) is 1.71. The highest BCUT2D eigenvalue weighted by atomic mass is 35.5. The number of thiocarbonyl (C=S) groups is 1. The van der Waals surface area contributed by atoms with E-state index in [9.17, 15) is 13.2 Å². The molecule has 0 bridgehead atoms. The van der Waals surface area contributed by atoms with E-state index >= 15 is 0 Å². The highest BCUT2D eigenvalue weighted by Gasteiger charge is 2.31. The van der Waals surface area contributed by atoms with Crippen molar-refractivity contribution in [3.05, 3.63) is 64.9 Å². The fourth-order valence-corrected chi connectivity index (χ4v) is 2.62. The Morgan fingerprint density at radius 1 is 1.15 bits per heavy atom. The summed E-state index contributed by atoms with van der Waals surface area (Å²) in [6.07, 6.45) is -4.48. The first-order chi connectivity index (χ1) is 12.7. The number of alkyl halides is 3. The van der Waals surface area contributed by atoms with Gasteiger partial charge in [-0.25, -0.2) is 0 Å². The van der Waals surface area contributed by atoms with Crippen molar-refractivity contribution in [3.8, 4) is 0 Å². The molecule has 27 heavy (non-hydrogen) atoms. The Balaban J connectivity index is 1.71. The minimum Gasteiger partial charge on any atom is -0.455 e. The molecule has 0 aliphatic rings. The molecule has 0 unspecified atom stereocenters. The van der Waals surface area contributed by atoms with Crippen LogP contribution < -0.4 is 10.7 Å². The first-order valence-electron chi connectivity index (χ1n) is 7.71. The van der Waals surface area contributed by atoms with E-state index in [4.69, 9.17) is 28.2 Å². The van der Waals surface area contributed by atoms with Gasteiger partial charge in [-0.1, -0.05) is 29.8 Å². The van der Waals surface area contributed by atoms with E-state index in [0.29, 0.717) is 11.5 Å². The molecule has 1 aromatic heterocycles. The number of hydrogen-bond acceptors (Lipinski definition) is 3. The van der Waals surface area contributed by atoms with Crippen molar-refractivity contribution in [1.82, 2.24) is 5.43 Å². The van der Waals surface area contributed by atoms with Crippen molar-refractivity contribution >= 4 is 51.3 Å². The van der Waals surface area contributed by atoms with Gasteiger partial charge in [0.05, 0.1) is 16.3 Å². The summed E-state index contributed by atoms with van der Waals surface area (Å²) in [5, 5.41) is 7.72. The van der Waals surface area contributed by atoms with Gasteiger partial charge in [-0.3, -0.25) is 5.43 Å². The van der Waals surface area contributed by atoms with Gasteiger partial charge < -0.3 is 9.73 Å². The topological polar surface area (TPSA) is 49.6 Å². The maximum atomic E-state index is 12.8. The molecule has 4 nitrogen and oxygen atoms in total. The molecule has 1 heterocycles. The van der Waals surface area contributed by atoms with E-state index in [0.717, 1.165) is 29.2 Å². The maximum absolute atomic E-state index is 12.8. The van der Waals surface area contributed by atoms with Crippen LogP contribution in [0.4, 0.5) is 18.9 Å². The fourth-order valence-electron chi connectivity index (χ4n) is 2.30. The molecular weight excluding hydrogens is 399 g/mol. The standard InChI is InChI=1S/C18H13ClF3N3OS/c1-10(16-8-11-4-2-3-5-15(11)26-16)24-25-17(27)23-14-9-12(18(20,21)22)6-7-13(14)19/h2-9H,1H3,(H2,23,25,27). The van der Waals surface area contributed by atoms with Gasteiger partial charge in [0.25, 0.3) is 0 Å². The Bertz CT molecular complexity index is 997. The normalized spacial score (nSPS) is 12.3. The number of para-hydroxylation sites is 1. The Hall–Kier alpha value is -2.58. The molecule has 0 saturated heterocycles. The van der Waals surface area contributed by atoms with Crippen molar-refractivity contribution in [2.75, 3.05) is 5.32 Å². The average Bonchev–Trinajstić information content (AvgIpc) is 3.05. The minimum atomic E-state index is -4.48. The Morgan fingerprint density at radius 3 is 2.59 bits per heavy atom. The van der Waals surface area contributed by atoms with Crippen LogP contribution in [0.25, 0.3) is 11.0 Å². The van der Waals surface area contributed by atoms with Crippen LogP contribution >= 0.6 is 23.8 Å². The molecule has 0 aliphatic carbocycles. The summed E-state index contributed by atoms with van der Waals surface area (Å²) in [6, 6.07) is 12.3. The van der Waals surface area contributed by atoms with E-state index in [1.807, 2.05) is 30.3 Å². The quantitative estimate of drug-likeness (QED) is 0.324. The first-order valence-corrected chi connectivity index (χ1v) is 8.49. The van der Waals surface area contributed by atoms with Crippen LogP contribution in [0.15, 0.2) is 58.0 Å². The highest BCUT2D eigenvalue weighted by Crippen LogP contribution is 2.33. The predicted octanol–water partition coefficient (Wildman–Crippen LogP) is 5.82. The molecule has 0 radical (unpaired) electrons. The number of nitrogens with one attached hydrogen (secondary N) is 2.